The van der Waals surface area contributed by atoms with Crippen LogP contribution in [0.2, 0.25) is 6.32 Å². The van der Waals surface area contributed by atoms with Gasteiger partial charge in [0.2, 0.25) is 11.8 Å². The Bertz CT molecular complexity index is 1110. The van der Waals surface area contributed by atoms with Crippen molar-refractivity contribution in [2.45, 2.75) is 103 Å². The van der Waals surface area contributed by atoms with Gasteiger partial charge in [-0.05, 0) is 80.5 Å². The van der Waals surface area contributed by atoms with Crippen LogP contribution in [0.1, 0.15) is 90.0 Å². The van der Waals surface area contributed by atoms with E-state index < -0.39 is 7.12 Å². The number of allylic oxidation sites excluding steroid dienone is 2. The monoisotopic (exact) mass is 519 g/mol. The molecule has 1 aromatic rings. The number of likely N-dealkylation sites (tertiary alicyclic amines) is 1. The highest BCUT2D eigenvalue weighted by atomic mass is 16.5. The van der Waals surface area contributed by atoms with Crippen LogP contribution in [0.15, 0.2) is 41.0 Å². The van der Waals surface area contributed by atoms with Gasteiger partial charge in [0.15, 0.2) is 0 Å². The molecule has 5 rings (SSSR count). The molecule has 2 heterocycles. The number of nitrogens with zero attached hydrogens (tertiary/aromatic N) is 1. The van der Waals surface area contributed by atoms with E-state index in [9.17, 15) is 19.7 Å². The lowest BCUT2D eigenvalue weighted by atomic mass is 9.58. The molecule has 3 fully saturated rings. The van der Waals surface area contributed by atoms with Crippen molar-refractivity contribution in [1.82, 2.24) is 4.90 Å². The number of amides is 2. The van der Waals surface area contributed by atoms with Crippen molar-refractivity contribution in [2.75, 3.05) is 0 Å². The molecule has 0 aromatic heterocycles. The Morgan fingerprint density at radius 3 is 2.61 bits per heavy atom. The first-order valence-electron chi connectivity index (χ1n) is 14.8. The van der Waals surface area contributed by atoms with Gasteiger partial charge in [0.25, 0.3) is 0 Å². The molecule has 2 saturated heterocycles. The summed E-state index contributed by atoms with van der Waals surface area (Å²) in [5, 5.41) is 20.7. The first-order valence-corrected chi connectivity index (χ1v) is 14.8. The lowest BCUT2D eigenvalue weighted by Gasteiger charge is -2.43. The van der Waals surface area contributed by atoms with Crippen LogP contribution in [0.3, 0.4) is 0 Å². The van der Waals surface area contributed by atoms with Gasteiger partial charge in [-0.3, -0.25) is 14.5 Å². The lowest BCUT2D eigenvalue weighted by molar-refractivity contribution is -0.143. The highest BCUT2D eigenvalue weighted by molar-refractivity contribution is 6.43. The number of fused-ring (bicyclic) bond motifs is 3. The van der Waals surface area contributed by atoms with Gasteiger partial charge in [0.05, 0.1) is 17.9 Å². The van der Waals surface area contributed by atoms with Crippen molar-refractivity contribution in [2.24, 2.45) is 17.8 Å². The largest absolute Gasteiger partial charge is 0.508 e. The Balaban J connectivity index is 1.39. The Morgan fingerprint density at radius 1 is 1.11 bits per heavy atom. The molecule has 2 N–H and O–H groups in total. The van der Waals surface area contributed by atoms with E-state index in [0.717, 1.165) is 63.4 Å². The third-order valence-corrected chi connectivity index (χ3v) is 9.25. The Hall–Kier alpha value is -2.38. The molecule has 4 atom stereocenters. The lowest BCUT2D eigenvalue weighted by Crippen LogP contribution is -2.46. The van der Waals surface area contributed by atoms with Crippen LogP contribution < -0.4 is 0 Å². The van der Waals surface area contributed by atoms with Crippen molar-refractivity contribution in [3.8, 4) is 5.75 Å². The van der Waals surface area contributed by atoms with Crippen molar-refractivity contribution < 1.29 is 24.4 Å². The molecule has 38 heavy (non-hydrogen) atoms. The normalized spacial score (nSPS) is 28.7. The number of hydrogen-bond acceptors (Lipinski definition) is 5. The zero-order valence-corrected chi connectivity index (χ0v) is 22.9. The molecule has 4 aliphatic rings. The van der Waals surface area contributed by atoms with E-state index in [-0.39, 0.29) is 47.5 Å². The fraction of sp³-hybridized carbons (Fsp3) is 0.613. The predicted molar refractivity (Wildman–Crippen MR) is 149 cm³/mol. The maximum Gasteiger partial charge on any atom is 0.455 e. The second kappa shape index (κ2) is 11.8. The molecule has 0 unspecified atom stereocenters. The van der Waals surface area contributed by atoms with E-state index in [1.165, 1.54) is 23.1 Å². The second-order valence-electron chi connectivity index (χ2n) is 11.7. The maximum absolute atomic E-state index is 13.8. The van der Waals surface area contributed by atoms with Gasteiger partial charge < -0.3 is 14.8 Å². The van der Waals surface area contributed by atoms with E-state index >= 15 is 0 Å². The minimum absolute atomic E-state index is 0.00661. The SMILES string of the molecule is CCC/C(=C\c1cccc(O)c1)CC[C@H]1OB(O)C[C@H]2C1=C(CC)C[C@H]1C(=O)N(C3CCCCC3)C(=O)[C@H]12. The van der Waals surface area contributed by atoms with E-state index in [1.54, 1.807) is 17.0 Å². The minimum atomic E-state index is -0.929. The molecule has 204 valence electrons. The highest BCUT2D eigenvalue weighted by Gasteiger charge is 2.58. The molecular formula is C31H42BNO5. The van der Waals surface area contributed by atoms with Crippen LogP contribution in [-0.2, 0) is 14.2 Å². The summed E-state index contributed by atoms with van der Waals surface area (Å²) in [6, 6.07) is 7.33. The molecule has 6 nitrogen and oxygen atoms in total. The summed E-state index contributed by atoms with van der Waals surface area (Å²) in [5.41, 5.74) is 4.68. The van der Waals surface area contributed by atoms with Crippen molar-refractivity contribution in [1.29, 1.82) is 0 Å². The predicted octanol–water partition coefficient (Wildman–Crippen LogP) is 5.90. The molecule has 1 aromatic carbocycles. The standard InChI is InChI=1S/C31H42BNO5/c1-3-9-20(16-21-10-8-13-24(34)17-21)14-15-27-28-22(4-2)18-25-29(26(28)19-32(37)38-27)31(36)33(30(25)35)23-11-6-5-7-12-23/h8,10,13,16-17,23,25-27,29,34,37H,3-7,9,11-12,14-15,18-19H2,1-2H3/b20-16+/t25-,26+,27-,29-/m1/s1. The Labute approximate surface area is 227 Å². The topological polar surface area (TPSA) is 87.1 Å². The molecule has 0 radical (unpaired) electrons. The van der Waals surface area contributed by atoms with Gasteiger partial charge in [-0.2, -0.15) is 0 Å². The smallest absolute Gasteiger partial charge is 0.455 e. The quantitative estimate of drug-likeness (QED) is 0.254. The number of benzene rings is 1. The van der Waals surface area contributed by atoms with Gasteiger partial charge >= 0.3 is 7.12 Å². The summed E-state index contributed by atoms with van der Waals surface area (Å²) in [5.74, 6) is -0.522. The second-order valence-corrected chi connectivity index (χ2v) is 11.7. The van der Waals surface area contributed by atoms with Crippen LogP contribution in [0, 0.1) is 17.8 Å². The van der Waals surface area contributed by atoms with Gasteiger partial charge in [0.1, 0.15) is 5.75 Å². The van der Waals surface area contributed by atoms with Crippen LogP contribution >= 0.6 is 0 Å². The minimum Gasteiger partial charge on any atom is -0.508 e. The number of phenolic OH excluding ortho intramolecular Hbond substituents is 1. The summed E-state index contributed by atoms with van der Waals surface area (Å²) in [4.78, 5) is 29.1. The fourth-order valence-corrected chi connectivity index (χ4v) is 7.58. The number of carbonyl (C=O) groups excluding carboxylic acids is 2. The average Bonchev–Trinajstić information content (AvgIpc) is 3.16. The summed E-state index contributed by atoms with van der Waals surface area (Å²) >= 11 is 0. The molecule has 0 bridgehead atoms. The van der Waals surface area contributed by atoms with Crippen LogP contribution in [0.5, 0.6) is 5.75 Å². The van der Waals surface area contributed by atoms with E-state index in [0.29, 0.717) is 12.7 Å². The van der Waals surface area contributed by atoms with E-state index in [2.05, 4.69) is 19.9 Å². The van der Waals surface area contributed by atoms with Gasteiger partial charge in [0, 0.05) is 6.04 Å². The van der Waals surface area contributed by atoms with Gasteiger partial charge in [-0.15, -0.1) is 0 Å². The maximum atomic E-state index is 13.8. The number of phenols is 1. The third-order valence-electron chi connectivity index (χ3n) is 9.25. The van der Waals surface area contributed by atoms with Gasteiger partial charge in [-0.25, -0.2) is 0 Å². The van der Waals surface area contributed by atoms with E-state index in [4.69, 9.17) is 4.65 Å². The number of rotatable bonds is 8. The third kappa shape index (κ3) is 5.37. The van der Waals surface area contributed by atoms with Crippen LogP contribution in [-0.4, -0.2) is 46.1 Å². The number of hydrogen-bond donors (Lipinski definition) is 2. The summed E-state index contributed by atoms with van der Waals surface area (Å²) in [7, 11) is -0.929. The zero-order valence-electron chi connectivity index (χ0n) is 22.9. The zero-order chi connectivity index (χ0) is 26.8. The molecular weight excluding hydrogens is 477 g/mol. The van der Waals surface area contributed by atoms with Crippen molar-refractivity contribution in [3.63, 3.8) is 0 Å². The molecule has 2 aliphatic heterocycles. The molecule has 1 saturated carbocycles. The molecule has 2 aliphatic carbocycles. The van der Waals surface area contributed by atoms with Crippen molar-refractivity contribution >= 4 is 25.0 Å². The number of aromatic hydroxyl groups is 1. The van der Waals surface area contributed by atoms with E-state index in [1.807, 2.05) is 12.1 Å². The highest BCUT2D eigenvalue weighted by Crippen LogP contribution is 2.52. The fourth-order valence-electron chi connectivity index (χ4n) is 7.58. The molecule has 0 spiro atoms. The number of imide groups is 1. The summed E-state index contributed by atoms with van der Waals surface area (Å²) < 4.78 is 6.16. The molecule has 7 heteroatoms. The summed E-state index contributed by atoms with van der Waals surface area (Å²) in [6.07, 6.45) is 12.4. The first kappa shape index (κ1) is 27.2. The Kier molecular flexibility index (Phi) is 8.44. The number of carbonyl (C=O) groups is 2. The summed E-state index contributed by atoms with van der Waals surface area (Å²) in [6.45, 7) is 4.29. The Morgan fingerprint density at radius 2 is 1.89 bits per heavy atom. The van der Waals surface area contributed by atoms with Crippen LogP contribution in [0.25, 0.3) is 6.08 Å². The van der Waals surface area contributed by atoms with Crippen LogP contribution in [0.4, 0.5) is 0 Å². The van der Waals surface area contributed by atoms with Gasteiger partial charge in [-0.1, -0.05) is 68.9 Å². The van der Waals surface area contributed by atoms with Crippen molar-refractivity contribution in [3.05, 3.63) is 46.5 Å². The average molecular weight is 519 g/mol. The molecule has 2 amide bonds. The first-order chi connectivity index (χ1) is 18.4.